The lowest BCUT2D eigenvalue weighted by atomic mass is 10.1. The van der Waals surface area contributed by atoms with Crippen LogP contribution in [0, 0.1) is 0 Å². The summed E-state index contributed by atoms with van der Waals surface area (Å²) in [7, 11) is 0. The molecule has 2 aromatic heterocycles. The first kappa shape index (κ1) is 17.9. The smallest absolute Gasteiger partial charge is 0.406 e. The predicted octanol–water partition coefficient (Wildman–Crippen LogP) is 2.30. The largest absolute Gasteiger partial charge is 0.573 e. The fourth-order valence-corrected chi connectivity index (χ4v) is 2.22. The summed E-state index contributed by atoms with van der Waals surface area (Å²) in [6, 6.07) is 5.47. The number of aliphatic hydroxyl groups is 1. The molecule has 138 valence electrons. The molecule has 26 heavy (non-hydrogen) atoms. The minimum absolute atomic E-state index is 0.0180. The molecule has 2 heterocycles. The number of benzene rings is 1. The Hall–Kier alpha value is -2.95. The summed E-state index contributed by atoms with van der Waals surface area (Å²) >= 11 is 0. The molecule has 0 amide bonds. The van der Waals surface area contributed by atoms with Crippen LogP contribution in [0.25, 0.3) is 11.3 Å². The molecule has 0 bridgehead atoms. The van der Waals surface area contributed by atoms with E-state index in [2.05, 4.69) is 35.0 Å². The van der Waals surface area contributed by atoms with E-state index < -0.39 is 6.36 Å². The zero-order chi connectivity index (χ0) is 18.6. The predicted molar refractivity (Wildman–Crippen MR) is 83.5 cm³/mol. The second-order valence-corrected chi connectivity index (χ2v) is 5.30. The van der Waals surface area contributed by atoms with E-state index in [0.29, 0.717) is 36.5 Å². The summed E-state index contributed by atoms with van der Waals surface area (Å²) in [5.74, 6) is 0.141. The van der Waals surface area contributed by atoms with Gasteiger partial charge in [0.2, 0.25) is 11.3 Å². The number of fused-ring (bicyclic) bond motifs is 1. The van der Waals surface area contributed by atoms with Gasteiger partial charge in [0.25, 0.3) is 0 Å². The summed E-state index contributed by atoms with van der Waals surface area (Å²) in [5.41, 5.74) is 1.68. The molecule has 0 unspecified atom stereocenters. The number of hydrogen-bond donors (Lipinski definition) is 2. The molecule has 2 N–H and O–H groups in total. The summed E-state index contributed by atoms with van der Waals surface area (Å²) in [5, 5.41) is 19.2. The molecule has 1 aromatic carbocycles. The zero-order valence-corrected chi connectivity index (χ0v) is 13.3. The Labute approximate surface area is 145 Å². The number of nitrogens with zero attached hydrogens (tertiary/aromatic N) is 4. The van der Waals surface area contributed by atoms with Crippen LogP contribution in [-0.4, -0.2) is 44.9 Å². The molecule has 0 aliphatic rings. The van der Waals surface area contributed by atoms with Crippen LogP contribution >= 0.6 is 0 Å². The van der Waals surface area contributed by atoms with Crippen molar-refractivity contribution < 1.29 is 27.6 Å². The first-order valence-corrected chi connectivity index (χ1v) is 7.63. The van der Waals surface area contributed by atoms with Gasteiger partial charge in [-0.05, 0) is 34.4 Å². The highest BCUT2D eigenvalue weighted by molar-refractivity contribution is 5.67. The topological polar surface area (TPSA) is 106 Å². The number of alkyl halides is 3. The number of aromatic nitrogens is 4. The van der Waals surface area contributed by atoms with E-state index in [1.54, 1.807) is 0 Å². The molecular formula is C15H14F3N5O3. The maximum Gasteiger partial charge on any atom is 0.573 e. The molecular weight excluding hydrogens is 355 g/mol. The van der Waals surface area contributed by atoms with E-state index in [1.807, 2.05) is 0 Å². The number of hydrogen-bond acceptors (Lipinski definition) is 8. The van der Waals surface area contributed by atoms with Gasteiger partial charge in [0.1, 0.15) is 5.75 Å². The molecule has 3 rings (SSSR count). The quantitative estimate of drug-likeness (QED) is 0.611. The standard InChI is InChI=1S/C15H14F3N5O3/c16-15(17,18)25-10-4-2-9(3-5-10)8-11-12(19-6-1-7-24)21-14-13(20-11)22-26-23-14/h2-5,24H,1,6-8H2,(H,19,21,23). The van der Waals surface area contributed by atoms with Crippen LogP contribution in [0.5, 0.6) is 5.75 Å². The van der Waals surface area contributed by atoms with E-state index in [4.69, 9.17) is 5.11 Å². The summed E-state index contributed by atoms with van der Waals surface area (Å²) in [4.78, 5) is 8.60. The van der Waals surface area contributed by atoms with Gasteiger partial charge in [0.05, 0.1) is 5.69 Å². The van der Waals surface area contributed by atoms with Gasteiger partial charge in [0.15, 0.2) is 5.82 Å². The van der Waals surface area contributed by atoms with Crippen molar-refractivity contribution in [2.75, 3.05) is 18.5 Å². The number of aliphatic hydroxyl groups excluding tert-OH is 1. The Balaban J connectivity index is 1.81. The number of rotatable bonds is 7. The fraction of sp³-hybridized carbons (Fsp3) is 0.333. The lowest BCUT2D eigenvalue weighted by Crippen LogP contribution is -2.17. The third kappa shape index (κ3) is 4.57. The van der Waals surface area contributed by atoms with Crippen LogP contribution in [-0.2, 0) is 6.42 Å². The molecule has 0 aliphatic heterocycles. The van der Waals surface area contributed by atoms with Crippen LogP contribution in [0.3, 0.4) is 0 Å². The minimum Gasteiger partial charge on any atom is -0.406 e. The van der Waals surface area contributed by atoms with Crippen LogP contribution in [0.2, 0.25) is 0 Å². The zero-order valence-electron chi connectivity index (χ0n) is 13.3. The maximum atomic E-state index is 12.2. The van der Waals surface area contributed by atoms with E-state index in [0.717, 1.165) is 0 Å². The monoisotopic (exact) mass is 369 g/mol. The fourth-order valence-electron chi connectivity index (χ4n) is 2.22. The van der Waals surface area contributed by atoms with Crippen molar-refractivity contribution in [1.29, 1.82) is 0 Å². The Bertz CT molecular complexity index is 867. The van der Waals surface area contributed by atoms with Gasteiger partial charge in [-0.25, -0.2) is 14.6 Å². The first-order valence-electron chi connectivity index (χ1n) is 7.63. The normalized spacial score (nSPS) is 11.7. The van der Waals surface area contributed by atoms with Gasteiger partial charge in [-0.1, -0.05) is 12.1 Å². The molecule has 0 saturated carbocycles. The van der Waals surface area contributed by atoms with Crippen LogP contribution in [0.1, 0.15) is 17.7 Å². The SMILES string of the molecule is OCCCNc1nc2nonc2nc1Cc1ccc(OC(F)(F)F)cc1. The van der Waals surface area contributed by atoms with E-state index in [1.165, 1.54) is 24.3 Å². The van der Waals surface area contributed by atoms with Crippen molar-refractivity contribution >= 4 is 17.1 Å². The molecule has 3 aromatic rings. The van der Waals surface area contributed by atoms with Crippen LogP contribution < -0.4 is 10.1 Å². The molecule has 8 nitrogen and oxygen atoms in total. The molecule has 11 heteroatoms. The minimum atomic E-state index is -4.73. The van der Waals surface area contributed by atoms with Crippen molar-refractivity contribution in [1.82, 2.24) is 20.3 Å². The number of halogens is 3. The van der Waals surface area contributed by atoms with Gasteiger partial charge in [-0.2, -0.15) is 0 Å². The van der Waals surface area contributed by atoms with E-state index in [9.17, 15) is 13.2 Å². The summed E-state index contributed by atoms with van der Waals surface area (Å²) in [6.45, 7) is 0.484. The Morgan fingerprint density at radius 3 is 2.42 bits per heavy atom. The van der Waals surface area contributed by atoms with Crippen molar-refractivity contribution in [3.05, 3.63) is 35.5 Å². The lowest BCUT2D eigenvalue weighted by Gasteiger charge is -2.11. The van der Waals surface area contributed by atoms with Crippen LogP contribution in [0.15, 0.2) is 28.9 Å². The second kappa shape index (κ2) is 7.52. The highest BCUT2D eigenvalue weighted by atomic mass is 19.4. The van der Waals surface area contributed by atoms with Gasteiger partial charge in [0, 0.05) is 19.6 Å². The molecule has 0 radical (unpaired) electrons. The maximum absolute atomic E-state index is 12.2. The Morgan fingerprint density at radius 1 is 1.08 bits per heavy atom. The van der Waals surface area contributed by atoms with Crippen molar-refractivity contribution in [2.24, 2.45) is 0 Å². The highest BCUT2D eigenvalue weighted by Crippen LogP contribution is 2.24. The Morgan fingerprint density at radius 2 is 1.77 bits per heavy atom. The second-order valence-electron chi connectivity index (χ2n) is 5.30. The summed E-state index contributed by atoms with van der Waals surface area (Å²) < 4.78 is 45.1. The molecule has 0 fully saturated rings. The number of anilines is 1. The Kier molecular flexibility index (Phi) is 5.16. The third-order valence-electron chi connectivity index (χ3n) is 3.34. The molecule has 0 atom stereocenters. The average molecular weight is 369 g/mol. The van der Waals surface area contributed by atoms with E-state index in [-0.39, 0.29) is 23.7 Å². The number of ether oxygens (including phenoxy) is 1. The molecule has 0 saturated heterocycles. The lowest BCUT2D eigenvalue weighted by molar-refractivity contribution is -0.274. The van der Waals surface area contributed by atoms with E-state index >= 15 is 0 Å². The van der Waals surface area contributed by atoms with Gasteiger partial charge >= 0.3 is 6.36 Å². The molecule has 0 spiro atoms. The third-order valence-corrected chi connectivity index (χ3v) is 3.34. The molecule has 0 aliphatic carbocycles. The van der Waals surface area contributed by atoms with Crippen LogP contribution in [0.4, 0.5) is 19.0 Å². The van der Waals surface area contributed by atoms with Gasteiger partial charge in [-0.15, -0.1) is 13.2 Å². The average Bonchev–Trinajstić information content (AvgIpc) is 3.03. The first-order chi connectivity index (χ1) is 12.4. The number of nitrogens with one attached hydrogen (secondary N) is 1. The van der Waals surface area contributed by atoms with Gasteiger partial charge < -0.3 is 15.2 Å². The van der Waals surface area contributed by atoms with Crippen molar-refractivity contribution in [2.45, 2.75) is 19.2 Å². The van der Waals surface area contributed by atoms with Crippen molar-refractivity contribution in [3.63, 3.8) is 0 Å². The van der Waals surface area contributed by atoms with Crippen molar-refractivity contribution in [3.8, 4) is 5.75 Å². The van der Waals surface area contributed by atoms with Gasteiger partial charge in [-0.3, -0.25) is 0 Å². The summed E-state index contributed by atoms with van der Waals surface area (Å²) in [6.07, 6.45) is -3.93. The highest BCUT2D eigenvalue weighted by Gasteiger charge is 2.30.